The van der Waals surface area contributed by atoms with Crippen LogP contribution in [0.2, 0.25) is 0 Å². The molecule has 0 spiro atoms. The van der Waals surface area contributed by atoms with Crippen LogP contribution < -0.4 is 5.32 Å². The molecule has 3 aromatic rings. The van der Waals surface area contributed by atoms with Gasteiger partial charge in [0.2, 0.25) is 0 Å². The molecule has 3 nitrogen and oxygen atoms in total. The first-order chi connectivity index (χ1) is 11.9. The predicted octanol–water partition coefficient (Wildman–Crippen LogP) is 4.78. The van der Waals surface area contributed by atoms with Gasteiger partial charge in [-0.1, -0.05) is 48.5 Å². The molecule has 4 rings (SSSR count). The van der Waals surface area contributed by atoms with Crippen molar-refractivity contribution in [2.24, 2.45) is 9.98 Å². The molecule has 1 unspecified atom stereocenters. The van der Waals surface area contributed by atoms with Gasteiger partial charge in [0.1, 0.15) is 11.9 Å². The Morgan fingerprint density at radius 3 is 2.54 bits per heavy atom. The fourth-order valence-electron chi connectivity index (χ4n) is 2.93. The molecule has 1 aromatic heterocycles. The number of benzene rings is 2. The molecule has 4 heteroatoms. The maximum Gasteiger partial charge on any atom is 0.134 e. The second-order valence-electron chi connectivity index (χ2n) is 5.58. The third kappa shape index (κ3) is 2.65. The standard InChI is InChI=1S/C20H17N3S/c1-21-20-19(15-11-12-24-13-15)23-18(14-7-3-2-4-8-14)16-9-5-6-10-17(16)22-20/h2-13,19H,1H3,(H,21,22). The summed E-state index contributed by atoms with van der Waals surface area (Å²) in [6.07, 6.45) is 0. The molecule has 24 heavy (non-hydrogen) atoms. The monoisotopic (exact) mass is 331 g/mol. The van der Waals surface area contributed by atoms with Gasteiger partial charge in [-0.25, -0.2) is 0 Å². The highest BCUT2D eigenvalue weighted by molar-refractivity contribution is 7.08. The van der Waals surface area contributed by atoms with Crippen LogP contribution >= 0.6 is 11.3 Å². The Labute approximate surface area is 145 Å². The molecule has 1 atom stereocenters. The molecule has 0 saturated heterocycles. The Kier molecular flexibility index (Phi) is 3.97. The van der Waals surface area contributed by atoms with E-state index in [2.05, 4.69) is 51.4 Å². The number of amidine groups is 1. The number of hydrogen-bond donors (Lipinski definition) is 1. The van der Waals surface area contributed by atoms with Gasteiger partial charge < -0.3 is 5.32 Å². The summed E-state index contributed by atoms with van der Waals surface area (Å²) in [6, 6.07) is 20.6. The molecule has 0 radical (unpaired) electrons. The average Bonchev–Trinajstić information content (AvgIpc) is 3.11. The second kappa shape index (κ2) is 6.42. The van der Waals surface area contributed by atoms with Crippen molar-refractivity contribution in [1.82, 2.24) is 0 Å². The molecule has 0 fully saturated rings. The molecular formula is C20H17N3S. The van der Waals surface area contributed by atoms with Gasteiger partial charge in [-0.3, -0.25) is 9.98 Å². The van der Waals surface area contributed by atoms with Gasteiger partial charge in [-0.05, 0) is 28.5 Å². The number of anilines is 1. The third-order valence-electron chi connectivity index (χ3n) is 4.11. The SMILES string of the molecule is CN=C1Nc2ccccc2C(c2ccccc2)=NC1c1ccsc1. The Morgan fingerprint density at radius 2 is 1.79 bits per heavy atom. The molecule has 1 aliphatic heterocycles. The number of nitrogens with one attached hydrogen (secondary N) is 1. The number of rotatable bonds is 2. The number of hydrogen-bond acceptors (Lipinski definition) is 3. The summed E-state index contributed by atoms with van der Waals surface area (Å²) in [5, 5.41) is 7.71. The van der Waals surface area contributed by atoms with Crippen molar-refractivity contribution in [3.05, 3.63) is 88.1 Å². The van der Waals surface area contributed by atoms with Crippen molar-refractivity contribution >= 4 is 28.6 Å². The van der Waals surface area contributed by atoms with E-state index in [1.165, 1.54) is 0 Å². The van der Waals surface area contributed by atoms with Gasteiger partial charge in [0.15, 0.2) is 0 Å². The van der Waals surface area contributed by atoms with E-state index in [1.54, 1.807) is 11.3 Å². The zero-order valence-electron chi connectivity index (χ0n) is 13.3. The normalized spacial score (nSPS) is 18.5. The zero-order chi connectivity index (χ0) is 16.4. The number of fused-ring (bicyclic) bond motifs is 1. The summed E-state index contributed by atoms with van der Waals surface area (Å²) in [5.41, 5.74) is 5.41. The lowest BCUT2D eigenvalue weighted by atomic mass is 10.0. The van der Waals surface area contributed by atoms with E-state index in [0.29, 0.717) is 0 Å². The quantitative estimate of drug-likeness (QED) is 0.721. The van der Waals surface area contributed by atoms with Crippen molar-refractivity contribution in [2.75, 3.05) is 12.4 Å². The van der Waals surface area contributed by atoms with Crippen LogP contribution in [-0.2, 0) is 0 Å². The van der Waals surface area contributed by atoms with Crippen molar-refractivity contribution < 1.29 is 0 Å². The average molecular weight is 331 g/mol. The minimum Gasteiger partial charge on any atom is -0.341 e. The van der Waals surface area contributed by atoms with Gasteiger partial charge in [-0.15, -0.1) is 0 Å². The number of nitrogens with zero attached hydrogens (tertiary/aromatic N) is 2. The fraction of sp³-hybridized carbons (Fsp3) is 0.100. The van der Waals surface area contributed by atoms with Crippen molar-refractivity contribution in [2.45, 2.75) is 6.04 Å². The Morgan fingerprint density at radius 1 is 1.00 bits per heavy atom. The number of aliphatic imine (C=N–C) groups is 2. The van der Waals surface area contributed by atoms with Crippen LogP contribution in [0.3, 0.4) is 0 Å². The summed E-state index contributed by atoms with van der Waals surface area (Å²) in [4.78, 5) is 9.59. The molecule has 118 valence electrons. The van der Waals surface area contributed by atoms with Gasteiger partial charge in [0, 0.05) is 23.9 Å². The maximum absolute atomic E-state index is 5.11. The van der Waals surface area contributed by atoms with Crippen LogP contribution in [0, 0.1) is 0 Å². The molecule has 0 aliphatic carbocycles. The molecule has 2 heterocycles. The Hall–Kier alpha value is -2.72. The highest BCUT2D eigenvalue weighted by Crippen LogP contribution is 2.31. The highest BCUT2D eigenvalue weighted by Gasteiger charge is 2.25. The van der Waals surface area contributed by atoms with Gasteiger partial charge >= 0.3 is 0 Å². The van der Waals surface area contributed by atoms with Gasteiger partial charge in [0.05, 0.1) is 5.71 Å². The first-order valence-corrected chi connectivity index (χ1v) is 8.79. The summed E-state index contributed by atoms with van der Waals surface area (Å²) in [5.74, 6) is 0.867. The van der Waals surface area contributed by atoms with Crippen LogP contribution in [0.25, 0.3) is 0 Å². The molecule has 0 bridgehead atoms. The fourth-order valence-corrected chi connectivity index (χ4v) is 3.61. The molecule has 1 aliphatic rings. The second-order valence-corrected chi connectivity index (χ2v) is 6.36. The first-order valence-electron chi connectivity index (χ1n) is 7.85. The maximum atomic E-state index is 5.11. The Balaban J connectivity index is 1.95. The van der Waals surface area contributed by atoms with Crippen molar-refractivity contribution in [3.8, 4) is 0 Å². The molecule has 1 N–H and O–H groups in total. The summed E-state index contributed by atoms with van der Waals surface area (Å²) >= 11 is 1.68. The smallest absolute Gasteiger partial charge is 0.134 e. The molecular weight excluding hydrogens is 314 g/mol. The van der Waals surface area contributed by atoms with Crippen molar-refractivity contribution in [3.63, 3.8) is 0 Å². The van der Waals surface area contributed by atoms with E-state index in [1.807, 2.05) is 37.4 Å². The molecule has 0 amide bonds. The summed E-state index contributed by atoms with van der Waals surface area (Å²) in [6.45, 7) is 0. The zero-order valence-corrected chi connectivity index (χ0v) is 14.1. The van der Waals surface area contributed by atoms with Gasteiger partial charge in [-0.2, -0.15) is 11.3 Å². The van der Waals surface area contributed by atoms with Gasteiger partial charge in [0.25, 0.3) is 0 Å². The number of para-hydroxylation sites is 1. The number of benzodiazepines with no additional fused rings is 1. The van der Waals surface area contributed by atoms with E-state index in [0.717, 1.165) is 33.9 Å². The predicted molar refractivity (Wildman–Crippen MR) is 103 cm³/mol. The lowest BCUT2D eigenvalue weighted by Crippen LogP contribution is -2.19. The van der Waals surface area contributed by atoms with E-state index < -0.39 is 0 Å². The molecule has 2 aromatic carbocycles. The Bertz CT molecular complexity index is 896. The van der Waals surface area contributed by atoms with E-state index in [-0.39, 0.29) is 6.04 Å². The largest absolute Gasteiger partial charge is 0.341 e. The highest BCUT2D eigenvalue weighted by atomic mass is 32.1. The van der Waals surface area contributed by atoms with Crippen LogP contribution in [0.15, 0.2) is 81.4 Å². The first kappa shape index (κ1) is 14.8. The molecule has 0 saturated carbocycles. The lowest BCUT2D eigenvalue weighted by Gasteiger charge is -2.14. The lowest BCUT2D eigenvalue weighted by molar-refractivity contribution is 0.963. The number of thiophene rings is 1. The van der Waals surface area contributed by atoms with E-state index >= 15 is 0 Å². The minimum absolute atomic E-state index is 0.121. The third-order valence-corrected chi connectivity index (χ3v) is 4.81. The summed E-state index contributed by atoms with van der Waals surface area (Å²) in [7, 11) is 1.81. The van der Waals surface area contributed by atoms with Crippen LogP contribution in [-0.4, -0.2) is 18.6 Å². The van der Waals surface area contributed by atoms with Crippen molar-refractivity contribution in [1.29, 1.82) is 0 Å². The van der Waals surface area contributed by atoms with Crippen LogP contribution in [0.4, 0.5) is 5.69 Å². The van der Waals surface area contributed by atoms with Crippen LogP contribution in [0.1, 0.15) is 22.7 Å². The topological polar surface area (TPSA) is 36.8 Å². The van der Waals surface area contributed by atoms with Crippen LogP contribution in [0.5, 0.6) is 0 Å². The van der Waals surface area contributed by atoms with E-state index in [9.17, 15) is 0 Å². The summed E-state index contributed by atoms with van der Waals surface area (Å²) < 4.78 is 0. The van der Waals surface area contributed by atoms with E-state index in [4.69, 9.17) is 4.99 Å². The minimum atomic E-state index is -0.121.